The second-order valence-electron chi connectivity index (χ2n) is 5.58. The lowest BCUT2D eigenvalue weighted by atomic mass is 10.2. The molecule has 3 rings (SSSR count). The molecule has 0 bridgehead atoms. The standard InChI is InChI=1S/C19H20N2O3/c1-15-9-10-17(24-15)18-14-21(12-13-23-18)19(22)20-11-5-8-16-6-3-2-4-7-16/h2-4,6-7,9-10,18H,11-14H2,1H3,(H,20,22)/t18-/m0/s1. The molecule has 1 fully saturated rings. The molecule has 5 nitrogen and oxygen atoms in total. The highest BCUT2D eigenvalue weighted by Crippen LogP contribution is 2.23. The van der Waals surface area contributed by atoms with Gasteiger partial charge in [0, 0.05) is 12.1 Å². The van der Waals surface area contributed by atoms with Gasteiger partial charge in [0.1, 0.15) is 17.6 Å². The fourth-order valence-corrected chi connectivity index (χ4v) is 2.53. The number of benzene rings is 1. The number of rotatable bonds is 2. The van der Waals surface area contributed by atoms with Crippen LogP contribution in [0.3, 0.4) is 0 Å². The Bertz CT molecular complexity index is 743. The van der Waals surface area contributed by atoms with Crippen molar-refractivity contribution >= 4 is 6.03 Å². The highest BCUT2D eigenvalue weighted by atomic mass is 16.5. The van der Waals surface area contributed by atoms with E-state index in [2.05, 4.69) is 17.2 Å². The van der Waals surface area contributed by atoms with Gasteiger partial charge in [-0.2, -0.15) is 0 Å². The molecular formula is C19H20N2O3. The predicted octanol–water partition coefficient (Wildman–Crippen LogP) is 2.72. The number of amides is 2. The summed E-state index contributed by atoms with van der Waals surface area (Å²) in [5, 5.41) is 2.83. The minimum absolute atomic E-state index is 0.131. The fraction of sp³-hybridized carbons (Fsp3) is 0.316. The fourth-order valence-electron chi connectivity index (χ4n) is 2.53. The van der Waals surface area contributed by atoms with E-state index in [1.807, 2.05) is 49.4 Å². The lowest BCUT2D eigenvalue weighted by molar-refractivity contribution is -0.0262. The first kappa shape index (κ1) is 16.2. The van der Waals surface area contributed by atoms with Crippen LogP contribution in [0.15, 0.2) is 46.9 Å². The minimum Gasteiger partial charge on any atom is -0.464 e. The number of carbonyl (C=O) groups excluding carboxylic acids is 1. The van der Waals surface area contributed by atoms with Gasteiger partial charge < -0.3 is 19.4 Å². The van der Waals surface area contributed by atoms with Crippen LogP contribution in [-0.4, -0.2) is 37.2 Å². The Kier molecular flexibility index (Phi) is 5.19. The Morgan fingerprint density at radius 2 is 2.12 bits per heavy atom. The van der Waals surface area contributed by atoms with E-state index in [0.717, 1.165) is 17.1 Å². The summed E-state index contributed by atoms with van der Waals surface area (Å²) in [6.45, 7) is 3.74. The number of urea groups is 1. The van der Waals surface area contributed by atoms with Gasteiger partial charge in [0.05, 0.1) is 19.7 Å². The second kappa shape index (κ2) is 7.71. The van der Waals surface area contributed by atoms with E-state index < -0.39 is 0 Å². The molecule has 1 aromatic heterocycles. The quantitative estimate of drug-likeness (QED) is 0.864. The topological polar surface area (TPSA) is 54.7 Å². The summed E-state index contributed by atoms with van der Waals surface area (Å²) < 4.78 is 11.3. The molecule has 124 valence electrons. The van der Waals surface area contributed by atoms with Crippen molar-refractivity contribution in [3.8, 4) is 11.8 Å². The Labute approximate surface area is 141 Å². The Morgan fingerprint density at radius 3 is 2.88 bits per heavy atom. The zero-order chi connectivity index (χ0) is 16.8. The Hall–Kier alpha value is -2.71. The third kappa shape index (κ3) is 4.18. The molecule has 2 amide bonds. The van der Waals surface area contributed by atoms with Crippen LogP contribution in [0, 0.1) is 18.8 Å². The molecule has 0 unspecified atom stereocenters. The van der Waals surface area contributed by atoms with Gasteiger partial charge in [-0.25, -0.2) is 4.79 Å². The van der Waals surface area contributed by atoms with Crippen molar-refractivity contribution in [2.45, 2.75) is 13.0 Å². The van der Waals surface area contributed by atoms with Gasteiger partial charge in [0.15, 0.2) is 0 Å². The lowest BCUT2D eigenvalue weighted by Crippen LogP contribution is -2.47. The van der Waals surface area contributed by atoms with Crippen LogP contribution < -0.4 is 5.32 Å². The number of furan rings is 1. The average molecular weight is 324 g/mol. The first-order valence-electron chi connectivity index (χ1n) is 7.97. The molecular weight excluding hydrogens is 304 g/mol. The van der Waals surface area contributed by atoms with E-state index in [-0.39, 0.29) is 12.1 Å². The van der Waals surface area contributed by atoms with Crippen LogP contribution in [0.5, 0.6) is 0 Å². The SMILES string of the molecule is Cc1ccc([C@@H]2CN(C(=O)NCC#Cc3ccccc3)CCO2)o1. The predicted molar refractivity (Wildman–Crippen MR) is 90.4 cm³/mol. The zero-order valence-electron chi connectivity index (χ0n) is 13.6. The van der Waals surface area contributed by atoms with Crippen molar-refractivity contribution in [2.24, 2.45) is 0 Å². The van der Waals surface area contributed by atoms with Crippen LogP contribution in [0.25, 0.3) is 0 Å². The lowest BCUT2D eigenvalue weighted by Gasteiger charge is -2.31. The number of ether oxygens (including phenoxy) is 1. The van der Waals surface area contributed by atoms with Crippen molar-refractivity contribution < 1.29 is 13.9 Å². The van der Waals surface area contributed by atoms with Gasteiger partial charge in [0.2, 0.25) is 0 Å². The summed E-state index contributed by atoms with van der Waals surface area (Å²) in [5.41, 5.74) is 0.936. The third-order valence-electron chi connectivity index (χ3n) is 3.77. The summed E-state index contributed by atoms with van der Waals surface area (Å²) in [6.07, 6.45) is -0.214. The van der Waals surface area contributed by atoms with Gasteiger partial charge >= 0.3 is 6.03 Å². The van der Waals surface area contributed by atoms with Crippen LogP contribution >= 0.6 is 0 Å². The smallest absolute Gasteiger partial charge is 0.318 e. The largest absolute Gasteiger partial charge is 0.464 e. The number of hydrogen-bond donors (Lipinski definition) is 1. The number of carbonyl (C=O) groups is 1. The third-order valence-corrected chi connectivity index (χ3v) is 3.77. The van der Waals surface area contributed by atoms with Crippen molar-refractivity contribution in [1.82, 2.24) is 10.2 Å². The molecule has 1 aromatic carbocycles. The van der Waals surface area contributed by atoms with Gasteiger partial charge in [-0.15, -0.1) is 0 Å². The molecule has 0 radical (unpaired) electrons. The van der Waals surface area contributed by atoms with E-state index in [1.165, 1.54) is 0 Å². The Balaban J connectivity index is 1.50. The van der Waals surface area contributed by atoms with Gasteiger partial charge in [-0.3, -0.25) is 0 Å². The molecule has 1 saturated heterocycles. The second-order valence-corrected chi connectivity index (χ2v) is 5.58. The highest BCUT2D eigenvalue weighted by molar-refractivity contribution is 5.74. The maximum Gasteiger partial charge on any atom is 0.318 e. The van der Waals surface area contributed by atoms with E-state index in [9.17, 15) is 4.79 Å². The molecule has 2 aromatic rings. The molecule has 0 aliphatic carbocycles. The zero-order valence-corrected chi connectivity index (χ0v) is 13.6. The molecule has 1 atom stereocenters. The van der Waals surface area contributed by atoms with Crippen LogP contribution in [0.4, 0.5) is 4.79 Å². The highest BCUT2D eigenvalue weighted by Gasteiger charge is 2.27. The number of nitrogens with one attached hydrogen (secondary N) is 1. The summed E-state index contributed by atoms with van der Waals surface area (Å²) in [5.74, 6) is 7.57. The van der Waals surface area contributed by atoms with Crippen molar-refractivity contribution in [1.29, 1.82) is 0 Å². The number of morpholine rings is 1. The summed E-state index contributed by atoms with van der Waals surface area (Å²) in [6, 6.07) is 13.4. The Morgan fingerprint density at radius 1 is 1.29 bits per heavy atom. The monoisotopic (exact) mass is 324 g/mol. The number of aryl methyl sites for hydroxylation is 1. The summed E-state index contributed by atoms with van der Waals surface area (Å²) >= 11 is 0. The van der Waals surface area contributed by atoms with Gasteiger partial charge in [-0.05, 0) is 31.2 Å². The van der Waals surface area contributed by atoms with Crippen molar-refractivity contribution in [3.05, 3.63) is 59.5 Å². The van der Waals surface area contributed by atoms with E-state index in [1.54, 1.807) is 4.90 Å². The number of nitrogens with zero attached hydrogens (tertiary/aromatic N) is 1. The summed E-state index contributed by atoms with van der Waals surface area (Å²) in [4.78, 5) is 14.0. The molecule has 1 aliphatic heterocycles. The van der Waals surface area contributed by atoms with Crippen LogP contribution in [0.1, 0.15) is 23.2 Å². The average Bonchev–Trinajstić information content (AvgIpc) is 3.06. The maximum atomic E-state index is 12.3. The van der Waals surface area contributed by atoms with Crippen LogP contribution in [-0.2, 0) is 4.74 Å². The molecule has 1 aliphatic rings. The van der Waals surface area contributed by atoms with Crippen LogP contribution in [0.2, 0.25) is 0 Å². The molecule has 1 N–H and O–H groups in total. The maximum absolute atomic E-state index is 12.3. The van der Waals surface area contributed by atoms with E-state index >= 15 is 0 Å². The van der Waals surface area contributed by atoms with Crippen molar-refractivity contribution in [2.75, 3.05) is 26.2 Å². The minimum atomic E-state index is -0.214. The first-order chi connectivity index (χ1) is 11.7. The van der Waals surface area contributed by atoms with Crippen molar-refractivity contribution in [3.63, 3.8) is 0 Å². The van der Waals surface area contributed by atoms with Gasteiger partial charge in [-0.1, -0.05) is 30.0 Å². The van der Waals surface area contributed by atoms with E-state index in [4.69, 9.17) is 9.15 Å². The van der Waals surface area contributed by atoms with E-state index in [0.29, 0.717) is 26.2 Å². The molecule has 2 heterocycles. The molecule has 0 spiro atoms. The molecule has 24 heavy (non-hydrogen) atoms. The molecule has 5 heteroatoms. The van der Waals surface area contributed by atoms with Gasteiger partial charge in [0.25, 0.3) is 0 Å². The normalized spacial score (nSPS) is 17.0. The number of hydrogen-bond acceptors (Lipinski definition) is 3. The summed E-state index contributed by atoms with van der Waals surface area (Å²) in [7, 11) is 0. The first-order valence-corrected chi connectivity index (χ1v) is 7.97. The molecule has 0 saturated carbocycles.